The van der Waals surface area contributed by atoms with Crippen molar-refractivity contribution in [3.05, 3.63) is 32.2 Å². The molecule has 1 nitrogen and oxygen atoms in total. The third-order valence-corrected chi connectivity index (χ3v) is 4.78. The van der Waals surface area contributed by atoms with E-state index in [4.69, 9.17) is 0 Å². The Balaban J connectivity index is 3.07. The summed E-state index contributed by atoms with van der Waals surface area (Å²) in [4.78, 5) is 0. The van der Waals surface area contributed by atoms with Gasteiger partial charge in [0.2, 0.25) is 0 Å². The van der Waals surface area contributed by atoms with Gasteiger partial charge in [-0.2, -0.15) is 0 Å². The van der Waals surface area contributed by atoms with Gasteiger partial charge < -0.3 is 5.32 Å². The van der Waals surface area contributed by atoms with Crippen molar-refractivity contribution < 1.29 is 0 Å². The molecule has 0 aliphatic rings. The second-order valence-electron chi connectivity index (χ2n) is 4.66. The summed E-state index contributed by atoms with van der Waals surface area (Å²) in [6.07, 6.45) is 2.47. The molecule has 0 saturated heterocycles. The lowest BCUT2D eigenvalue weighted by atomic mass is 9.91. The van der Waals surface area contributed by atoms with E-state index in [1.54, 1.807) is 0 Å². The lowest BCUT2D eigenvalue weighted by Crippen LogP contribution is -2.24. The summed E-state index contributed by atoms with van der Waals surface area (Å²) in [6.45, 7) is 6.66. The molecule has 17 heavy (non-hydrogen) atoms. The molecule has 0 bridgehead atoms. The third kappa shape index (κ3) is 3.80. The van der Waals surface area contributed by atoms with Gasteiger partial charge >= 0.3 is 0 Å². The molecule has 0 spiro atoms. The number of rotatable bonds is 5. The Kier molecular flexibility index (Phi) is 6.18. The van der Waals surface area contributed by atoms with Gasteiger partial charge in [-0.1, -0.05) is 52.1 Å². The highest BCUT2D eigenvalue weighted by Gasteiger charge is 2.19. The molecule has 0 fully saturated rings. The summed E-state index contributed by atoms with van der Waals surface area (Å²) < 4.78 is 2.38. The molecule has 0 aliphatic heterocycles. The van der Waals surface area contributed by atoms with E-state index in [1.807, 2.05) is 7.05 Å². The van der Waals surface area contributed by atoms with Crippen LogP contribution in [0.15, 0.2) is 21.1 Å². The van der Waals surface area contributed by atoms with Gasteiger partial charge in [0.05, 0.1) is 0 Å². The van der Waals surface area contributed by atoms with Gasteiger partial charge in [0, 0.05) is 15.0 Å². The Morgan fingerprint density at radius 1 is 1.24 bits per heavy atom. The van der Waals surface area contributed by atoms with E-state index >= 15 is 0 Å². The summed E-state index contributed by atoms with van der Waals surface area (Å²) in [7, 11) is 2.04. The van der Waals surface area contributed by atoms with Crippen LogP contribution in [0.5, 0.6) is 0 Å². The molecule has 3 heteroatoms. The van der Waals surface area contributed by atoms with Crippen LogP contribution in [0.1, 0.15) is 43.9 Å². The average molecular weight is 363 g/mol. The quantitative estimate of drug-likeness (QED) is 0.757. The van der Waals surface area contributed by atoms with Crippen LogP contribution < -0.4 is 5.32 Å². The summed E-state index contributed by atoms with van der Waals surface area (Å²) in [5.74, 6) is 0.635. The highest BCUT2D eigenvalue weighted by Crippen LogP contribution is 2.34. The summed E-state index contributed by atoms with van der Waals surface area (Å²) in [5, 5.41) is 3.44. The van der Waals surface area contributed by atoms with Crippen LogP contribution in [0.25, 0.3) is 0 Å². The number of benzene rings is 1. The Morgan fingerprint density at radius 3 is 2.41 bits per heavy atom. The summed E-state index contributed by atoms with van der Waals surface area (Å²) >= 11 is 7.30. The zero-order chi connectivity index (χ0) is 13.0. The minimum Gasteiger partial charge on any atom is -0.313 e. The lowest BCUT2D eigenvalue weighted by Gasteiger charge is -2.25. The zero-order valence-corrected chi connectivity index (χ0v) is 14.2. The normalized spacial score (nSPS) is 14.7. The van der Waals surface area contributed by atoms with Gasteiger partial charge in [-0.15, -0.1) is 0 Å². The van der Waals surface area contributed by atoms with Crippen LogP contribution in [0.2, 0.25) is 0 Å². The maximum absolute atomic E-state index is 3.68. The van der Waals surface area contributed by atoms with E-state index in [0.717, 1.165) is 0 Å². The maximum Gasteiger partial charge on any atom is 0.0355 e. The van der Waals surface area contributed by atoms with Crippen LogP contribution in [0.4, 0.5) is 0 Å². The molecule has 0 aromatic heterocycles. The second kappa shape index (κ2) is 6.91. The van der Waals surface area contributed by atoms with E-state index in [9.17, 15) is 0 Å². The number of hydrogen-bond donors (Lipinski definition) is 1. The highest BCUT2D eigenvalue weighted by atomic mass is 79.9. The Bertz CT molecular complexity index is 377. The van der Waals surface area contributed by atoms with E-state index in [-0.39, 0.29) is 0 Å². The SMILES string of the molecule is CCCC(C)C(NC)c1cc(Br)c(C)cc1Br. The molecule has 2 unspecified atom stereocenters. The standard InChI is InChI=1S/C14H21Br2N/c1-5-6-9(2)14(17-4)11-8-12(15)10(3)7-13(11)16/h7-9,14,17H,5-6H2,1-4H3. The second-order valence-corrected chi connectivity index (χ2v) is 6.36. The Labute approximate surface area is 122 Å². The minimum atomic E-state index is 0.404. The van der Waals surface area contributed by atoms with Crippen molar-refractivity contribution in [2.75, 3.05) is 7.05 Å². The Morgan fingerprint density at radius 2 is 1.88 bits per heavy atom. The fourth-order valence-corrected chi connectivity index (χ4v) is 3.33. The van der Waals surface area contributed by atoms with Crippen molar-refractivity contribution in [3.63, 3.8) is 0 Å². The van der Waals surface area contributed by atoms with E-state index in [0.29, 0.717) is 12.0 Å². The molecular weight excluding hydrogens is 342 g/mol. The van der Waals surface area contributed by atoms with Crippen LogP contribution in [0.3, 0.4) is 0 Å². The Hall–Kier alpha value is 0.140. The fraction of sp³-hybridized carbons (Fsp3) is 0.571. The lowest BCUT2D eigenvalue weighted by molar-refractivity contribution is 0.382. The molecule has 0 aliphatic carbocycles. The van der Waals surface area contributed by atoms with Crippen LogP contribution >= 0.6 is 31.9 Å². The zero-order valence-electron chi connectivity index (χ0n) is 11.0. The first-order valence-corrected chi connectivity index (χ1v) is 7.72. The molecule has 0 amide bonds. The van der Waals surface area contributed by atoms with Crippen LogP contribution in [0, 0.1) is 12.8 Å². The molecule has 2 atom stereocenters. The first-order valence-electron chi connectivity index (χ1n) is 6.14. The van der Waals surface area contributed by atoms with E-state index < -0.39 is 0 Å². The van der Waals surface area contributed by atoms with Gasteiger partial charge in [0.25, 0.3) is 0 Å². The summed E-state index contributed by atoms with van der Waals surface area (Å²) in [6, 6.07) is 4.82. The first kappa shape index (κ1) is 15.2. The highest BCUT2D eigenvalue weighted by molar-refractivity contribution is 9.11. The largest absolute Gasteiger partial charge is 0.313 e. The molecule has 0 saturated carbocycles. The van der Waals surface area contributed by atoms with Crippen molar-refractivity contribution in [1.82, 2.24) is 5.32 Å². The number of nitrogens with one attached hydrogen (secondary N) is 1. The number of aryl methyl sites for hydroxylation is 1. The van der Waals surface area contributed by atoms with Gasteiger partial charge in [0.1, 0.15) is 0 Å². The molecule has 0 radical (unpaired) electrons. The van der Waals surface area contributed by atoms with Crippen LogP contribution in [-0.2, 0) is 0 Å². The minimum absolute atomic E-state index is 0.404. The van der Waals surface area contributed by atoms with Gasteiger partial charge in [0.15, 0.2) is 0 Å². The third-order valence-electron chi connectivity index (χ3n) is 3.24. The predicted octanol–water partition coefficient (Wildman–Crippen LogP) is 5.22. The van der Waals surface area contributed by atoms with Gasteiger partial charge in [-0.05, 0) is 49.6 Å². The molecule has 1 N–H and O–H groups in total. The first-order chi connectivity index (χ1) is 8.01. The van der Waals surface area contributed by atoms with Crippen LogP contribution in [-0.4, -0.2) is 7.05 Å². The van der Waals surface area contributed by atoms with E-state index in [2.05, 4.69) is 70.1 Å². The number of hydrogen-bond acceptors (Lipinski definition) is 1. The van der Waals surface area contributed by atoms with Crippen molar-refractivity contribution in [2.24, 2.45) is 5.92 Å². The van der Waals surface area contributed by atoms with Gasteiger partial charge in [-0.25, -0.2) is 0 Å². The topological polar surface area (TPSA) is 12.0 Å². The molecule has 0 heterocycles. The average Bonchev–Trinajstić information content (AvgIpc) is 2.26. The van der Waals surface area contributed by atoms with Gasteiger partial charge in [-0.3, -0.25) is 0 Å². The summed E-state index contributed by atoms with van der Waals surface area (Å²) in [5.41, 5.74) is 2.60. The van der Waals surface area contributed by atoms with Crippen molar-refractivity contribution >= 4 is 31.9 Å². The van der Waals surface area contributed by atoms with Crippen molar-refractivity contribution in [3.8, 4) is 0 Å². The molecular formula is C14H21Br2N. The van der Waals surface area contributed by atoms with Crippen molar-refractivity contribution in [2.45, 2.75) is 39.7 Å². The smallest absolute Gasteiger partial charge is 0.0355 e. The number of halogens is 2. The molecule has 1 rings (SSSR count). The van der Waals surface area contributed by atoms with Crippen molar-refractivity contribution in [1.29, 1.82) is 0 Å². The van der Waals surface area contributed by atoms with E-state index in [1.165, 1.54) is 32.9 Å². The predicted molar refractivity (Wildman–Crippen MR) is 82.5 cm³/mol. The monoisotopic (exact) mass is 361 g/mol. The molecule has 96 valence electrons. The maximum atomic E-state index is 3.68. The fourth-order valence-electron chi connectivity index (χ4n) is 2.27. The molecule has 1 aromatic rings. The molecule has 1 aromatic carbocycles.